The van der Waals surface area contributed by atoms with Crippen molar-refractivity contribution in [2.24, 2.45) is 5.73 Å². The zero-order chi connectivity index (χ0) is 23.2. The highest BCUT2D eigenvalue weighted by Crippen LogP contribution is 2.27. The van der Waals surface area contributed by atoms with E-state index in [9.17, 15) is 14.0 Å². The van der Waals surface area contributed by atoms with Crippen molar-refractivity contribution in [1.82, 2.24) is 4.98 Å². The van der Waals surface area contributed by atoms with Gasteiger partial charge in [-0.1, -0.05) is 36.4 Å². The molecule has 4 aromatic rings. The van der Waals surface area contributed by atoms with Gasteiger partial charge in [0.25, 0.3) is 5.91 Å². The number of nitrogens with one attached hydrogen (secondary N) is 1. The van der Waals surface area contributed by atoms with Crippen LogP contribution < -0.4 is 15.8 Å². The van der Waals surface area contributed by atoms with Gasteiger partial charge in [0.2, 0.25) is 0 Å². The summed E-state index contributed by atoms with van der Waals surface area (Å²) in [6, 6.07) is 22.1. The number of carbonyl (C=O) groups excluding carboxylic acids is 2. The molecule has 1 amide bonds. The van der Waals surface area contributed by atoms with Crippen LogP contribution in [-0.4, -0.2) is 16.9 Å². The van der Waals surface area contributed by atoms with E-state index in [1.165, 1.54) is 12.3 Å². The maximum atomic E-state index is 13.9. The molecule has 0 saturated heterocycles. The van der Waals surface area contributed by atoms with Crippen molar-refractivity contribution in [3.05, 3.63) is 114 Å². The quantitative estimate of drug-likeness (QED) is 0.331. The fraction of sp³-hybridized carbons (Fsp3) is 0.0385. The number of pyridine rings is 1. The number of anilines is 1. The van der Waals surface area contributed by atoms with Gasteiger partial charge in [-0.25, -0.2) is 9.18 Å². The van der Waals surface area contributed by atoms with Crippen LogP contribution in [0.15, 0.2) is 91.3 Å². The molecule has 0 saturated carbocycles. The van der Waals surface area contributed by atoms with Crippen molar-refractivity contribution in [3.63, 3.8) is 0 Å². The van der Waals surface area contributed by atoms with E-state index in [1.807, 2.05) is 12.1 Å². The summed E-state index contributed by atoms with van der Waals surface area (Å²) in [6.07, 6.45) is 2.42. The monoisotopic (exact) mass is 441 g/mol. The summed E-state index contributed by atoms with van der Waals surface area (Å²) in [6.45, 7) is 0.231. The van der Waals surface area contributed by atoms with Crippen LogP contribution in [0.3, 0.4) is 0 Å². The van der Waals surface area contributed by atoms with Gasteiger partial charge in [0.1, 0.15) is 5.75 Å². The van der Waals surface area contributed by atoms with E-state index in [1.54, 1.807) is 60.7 Å². The van der Waals surface area contributed by atoms with Crippen LogP contribution in [0, 0.1) is 5.82 Å². The highest BCUT2D eigenvalue weighted by molar-refractivity contribution is 6.05. The number of carbonyl (C=O) groups is 2. The highest BCUT2D eigenvalue weighted by Gasteiger charge is 2.15. The fourth-order valence-corrected chi connectivity index (χ4v) is 3.30. The van der Waals surface area contributed by atoms with Gasteiger partial charge in [-0.3, -0.25) is 9.78 Å². The van der Waals surface area contributed by atoms with Crippen molar-refractivity contribution in [1.29, 1.82) is 0 Å². The molecule has 3 N–H and O–H groups in total. The van der Waals surface area contributed by atoms with Crippen molar-refractivity contribution in [2.45, 2.75) is 6.54 Å². The molecule has 0 aliphatic heterocycles. The summed E-state index contributed by atoms with van der Waals surface area (Å²) in [5.41, 5.74) is 8.79. The van der Waals surface area contributed by atoms with Gasteiger partial charge in [-0.15, -0.1) is 0 Å². The molecule has 3 aromatic carbocycles. The van der Waals surface area contributed by atoms with Crippen molar-refractivity contribution >= 4 is 17.6 Å². The number of ether oxygens (including phenoxy) is 1. The number of nitrogens with zero attached hydrogens (tertiary/aromatic N) is 1. The topological polar surface area (TPSA) is 94.3 Å². The molecule has 0 fully saturated rings. The number of benzene rings is 3. The smallest absolute Gasteiger partial charge is 0.343 e. The Labute approximate surface area is 189 Å². The Morgan fingerprint density at radius 2 is 1.76 bits per heavy atom. The Hall–Kier alpha value is -4.36. The lowest BCUT2D eigenvalue weighted by molar-refractivity contribution is 0.0734. The lowest BCUT2D eigenvalue weighted by atomic mass is 9.95. The van der Waals surface area contributed by atoms with Crippen molar-refractivity contribution in [3.8, 4) is 16.9 Å². The summed E-state index contributed by atoms with van der Waals surface area (Å²) < 4.78 is 19.3. The standard InChI is InChI=1S/C26H20FN3O3/c27-23-16-29-12-11-24(23)30-25(31)18-9-10-20(15-28)22(14-18)17-5-4-6-19(13-17)26(32)33-21-7-2-1-3-8-21/h1-14,16H,15,28H2,(H,29,30,31). The number of aromatic nitrogens is 1. The molecule has 4 rings (SSSR count). The largest absolute Gasteiger partial charge is 0.423 e. The molecule has 164 valence electrons. The zero-order valence-electron chi connectivity index (χ0n) is 17.5. The summed E-state index contributed by atoms with van der Waals surface area (Å²) in [7, 11) is 0. The minimum absolute atomic E-state index is 0.0325. The number of amides is 1. The van der Waals surface area contributed by atoms with E-state index < -0.39 is 17.7 Å². The molecule has 6 nitrogen and oxygen atoms in total. The number of esters is 1. The van der Waals surface area contributed by atoms with Crippen LogP contribution >= 0.6 is 0 Å². The van der Waals surface area contributed by atoms with Gasteiger partial charge in [0.15, 0.2) is 5.82 Å². The minimum atomic E-state index is -0.630. The minimum Gasteiger partial charge on any atom is -0.423 e. The number of hydrogen-bond donors (Lipinski definition) is 2. The Morgan fingerprint density at radius 1 is 0.939 bits per heavy atom. The van der Waals surface area contributed by atoms with E-state index in [0.29, 0.717) is 28.0 Å². The molecule has 0 bridgehead atoms. The van der Waals surface area contributed by atoms with E-state index in [4.69, 9.17) is 10.5 Å². The lowest BCUT2D eigenvalue weighted by Gasteiger charge is -2.13. The average molecular weight is 441 g/mol. The van der Waals surface area contributed by atoms with Gasteiger partial charge in [0, 0.05) is 18.3 Å². The van der Waals surface area contributed by atoms with Gasteiger partial charge >= 0.3 is 5.97 Å². The first-order valence-corrected chi connectivity index (χ1v) is 10.2. The van der Waals surface area contributed by atoms with Gasteiger partial charge in [-0.2, -0.15) is 0 Å². The third-order valence-corrected chi connectivity index (χ3v) is 4.98. The maximum Gasteiger partial charge on any atom is 0.343 e. The lowest BCUT2D eigenvalue weighted by Crippen LogP contribution is -2.14. The second kappa shape index (κ2) is 9.84. The zero-order valence-corrected chi connectivity index (χ0v) is 17.5. The molecular formula is C26H20FN3O3. The first-order chi connectivity index (χ1) is 16.0. The van der Waals surface area contributed by atoms with Crippen LogP contribution in [0.1, 0.15) is 26.3 Å². The first-order valence-electron chi connectivity index (χ1n) is 10.2. The van der Waals surface area contributed by atoms with Gasteiger partial charge in [-0.05, 0) is 59.2 Å². The van der Waals surface area contributed by atoms with E-state index in [2.05, 4.69) is 10.3 Å². The predicted octanol–water partition coefficient (Wildman–Crippen LogP) is 4.82. The Kier molecular flexibility index (Phi) is 6.52. The third-order valence-electron chi connectivity index (χ3n) is 4.98. The van der Waals surface area contributed by atoms with Gasteiger partial charge in [0.05, 0.1) is 17.4 Å². The Morgan fingerprint density at radius 3 is 2.52 bits per heavy atom. The number of para-hydroxylation sites is 1. The molecule has 1 aromatic heterocycles. The summed E-state index contributed by atoms with van der Waals surface area (Å²) in [4.78, 5) is 29.0. The Balaban J connectivity index is 1.63. The first kappa shape index (κ1) is 21.9. The van der Waals surface area contributed by atoms with E-state index >= 15 is 0 Å². The summed E-state index contributed by atoms with van der Waals surface area (Å²) >= 11 is 0. The molecule has 1 heterocycles. The molecule has 0 atom stereocenters. The van der Waals surface area contributed by atoms with Crippen LogP contribution in [0.5, 0.6) is 5.75 Å². The molecule has 0 radical (unpaired) electrons. The van der Waals surface area contributed by atoms with Crippen molar-refractivity contribution < 1.29 is 18.7 Å². The molecule has 0 spiro atoms. The van der Waals surface area contributed by atoms with Crippen LogP contribution in [0.2, 0.25) is 0 Å². The maximum absolute atomic E-state index is 13.9. The second-order valence-corrected chi connectivity index (χ2v) is 7.17. The van der Waals surface area contributed by atoms with Crippen molar-refractivity contribution in [2.75, 3.05) is 5.32 Å². The normalized spacial score (nSPS) is 10.5. The molecule has 33 heavy (non-hydrogen) atoms. The SMILES string of the molecule is NCc1ccc(C(=O)Nc2ccncc2F)cc1-c1cccc(C(=O)Oc2ccccc2)c1. The molecule has 0 aliphatic carbocycles. The predicted molar refractivity (Wildman–Crippen MR) is 123 cm³/mol. The van der Waals surface area contributed by atoms with E-state index in [-0.39, 0.29) is 12.2 Å². The van der Waals surface area contributed by atoms with Crippen LogP contribution in [-0.2, 0) is 6.54 Å². The third kappa shape index (κ3) is 5.11. The summed E-state index contributed by atoms with van der Waals surface area (Å²) in [5, 5.41) is 2.54. The number of nitrogens with two attached hydrogens (primary N) is 1. The highest BCUT2D eigenvalue weighted by atomic mass is 19.1. The number of hydrogen-bond acceptors (Lipinski definition) is 5. The number of halogens is 1. The molecule has 7 heteroatoms. The van der Waals surface area contributed by atoms with E-state index in [0.717, 1.165) is 11.8 Å². The molecule has 0 unspecified atom stereocenters. The van der Waals surface area contributed by atoms with Crippen LogP contribution in [0.4, 0.5) is 10.1 Å². The van der Waals surface area contributed by atoms with Crippen LogP contribution in [0.25, 0.3) is 11.1 Å². The van der Waals surface area contributed by atoms with Gasteiger partial charge < -0.3 is 15.8 Å². The summed E-state index contributed by atoms with van der Waals surface area (Å²) in [5.74, 6) is -1.17. The molecule has 0 aliphatic rings. The Bertz CT molecular complexity index is 1310. The fourth-order valence-electron chi connectivity index (χ4n) is 3.30. The second-order valence-electron chi connectivity index (χ2n) is 7.17. The molecular weight excluding hydrogens is 421 g/mol. The number of rotatable bonds is 6. The average Bonchev–Trinajstić information content (AvgIpc) is 2.85.